The van der Waals surface area contributed by atoms with Crippen LogP contribution in [0.25, 0.3) is 0 Å². The molecule has 4 nitrogen and oxygen atoms in total. The molecule has 0 saturated carbocycles. The Hall–Kier alpha value is -1.71. The topological polar surface area (TPSA) is 44.8 Å². The van der Waals surface area contributed by atoms with Gasteiger partial charge in [0.2, 0.25) is 0 Å². The largest absolute Gasteiger partial charge is 0.497 e. The summed E-state index contributed by atoms with van der Waals surface area (Å²) in [4.78, 5) is 10.2. The summed E-state index contributed by atoms with van der Waals surface area (Å²) in [7, 11) is 4.98. The Kier molecular flexibility index (Phi) is 9.92. The monoisotopic (exact) mass is 322 g/mol. The molecule has 1 aromatic rings. The summed E-state index contributed by atoms with van der Waals surface area (Å²) in [6.45, 7) is 0. The third-order valence-corrected chi connectivity index (χ3v) is 4.03. The minimum Gasteiger partial charge on any atom is -0.497 e. The van der Waals surface area contributed by atoms with Crippen molar-refractivity contribution in [2.75, 3.05) is 21.3 Å². The van der Waals surface area contributed by atoms with E-state index in [9.17, 15) is 4.79 Å². The van der Waals surface area contributed by atoms with Gasteiger partial charge in [-0.1, -0.05) is 32.1 Å². The van der Waals surface area contributed by atoms with E-state index in [1.165, 1.54) is 32.1 Å². The van der Waals surface area contributed by atoms with Gasteiger partial charge in [-0.2, -0.15) is 0 Å². The molecule has 0 amide bonds. The maximum Gasteiger partial charge on any atom is 0.164 e. The molecule has 0 spiro atoms. The molecule has 1 aromatic carbocycles. The first-order chi connectivity index (χ1) is 11.3. The lowest BCUT2D eigenvalue weighted by atomic mass is 10.0. The van der Waals surface area contributed by atoms with E-state index >= 15 is 0 Å². The van der Waals surface area contributed by atoms with Crippen molar-refractivity contribution in [3.05, 3.63) is 17.7 Å². The second kappa shape index (κ2) is 11.8. The molecule has 0 atom stereocenters. The van der Waals surface area contributed by atoms with Gasteiger partial charge < -0.3 is 19.0 Å². The summed E-state index contributed by atoms with van der Waals surface area (Å²) in [6, 6.07) is 3.88. The lowest BCUT2D eigenvalue weighted by Crippen LogP contribution is -1.98. The van der Waals surface area contributed by atoms with E-state index in [2.05, 4.69) is 0 Å². The predicted molar refractivity (Wildman–Crippen MR) is 92.8 cm³/mol. The molecule has 0 radical (unpaired) electrons. The number of hydrogen-bond acceptors (Lipinski definition) is 4. The van der Waals surface area contributed by atoms with Crippen LogP contribution in [0, 0.1) is 0 Å². The highest BCUT2D eigenvalue weighted by Gasteiger charge is 2.12. The minimum absolute atomic E-state index is 0.706. The third-order valence-electron chi connectivity index (χ3n) is 4.03. The maximum absolute atomic E-state index is 10.2. The van der Waals surface area contributed by atoms with Gasteiger partial charge in [0.1, 0.15) is 12.0 Å². The second-order valence-corrected chi connectivity index (χ2v) is 5.70. The van der Waals surface area contributed by atoms with Gasteiger partial charge in [-0.15, -0.1) is 0 Å². The van der Waals surface area contributed by atoms with Crippen LogP contribution in [0.4, 0.5) is 0 Å². The Morgan fingerprint density at radius 2 is 1.48 bits per heavy atom. The van der Waals surface area contributed by atoms with Crippen LogP contribution < -0.4 is 14.2 Å². The minimum atomic E-state index is 0.706. The zero-order chi connectivity index (χ0) is 16.9. The van der Waals surface area contributed by atoms with Crippen molar-refractivity contribution >= 4 is 6.29 Å². The first kappa shape index (κ1) is 19.3. The van der Waals surface area contributed by atoms with Gasteiger partial charge in [-0.05, 0) is 25.3 Å². The molecule has 23 heavy (non-hydrogen) atoms. The van der Waals surface area contributed by atoms with Crippen LogP contribution in [0.2, 0.25) is 0 Å². The number of methoxy groups -OCH3 is 3. The summed E-state index contributed by atoms with van der Waals surface area (Å²) < 4.78 is 16.2. The van der Waals surface area contributed by atoms with Gasteiger partial charge in [0.25, 0.3) is 0 Å². The van der Waals surface area contributed by atoms with Gasteiger partial charge in [0.15, 0.2) is 11.5 Å². The highest BCUT2D eigenvalue weighted by atomic mass is 16.5. The van der Waals surface area contributed by atoms with Crippen molar-refractivity contribution in [2.24, 2.45) is 0 Å². The number of ether oxygens (including phenoxy) is 3. The molecular formula is C19H30O4. The summed E-state index contributed by atoms with van der Waals surface area (Å²) in [5, 5.41) is 0. The highest BCUT2D eigenvalue weighted by Crippen LogP contribution is 2.36. The van der Waals surface area contributed by atoms with Gasteiger partial charge in [0.05, 0.1) is 21.3 Å². The van der Waals surface area contributed by atoms with Crippen LogP contribution in [0.3, 0.4) is 0 Å². The molecule has 0 bridgehead atoms. The number of rotatable bonds is 13. The summed E-state index contributed by atoms with van der Waals surface area (Å²) in [6.07, 6.45) is 10.9. The van der Waals surface area contributed by atoms with E-state index in [-0.39, 0.29) is 0 Å². The Morgan fingerprint density at radius 1 is 0.826 bits per heavy atom. The van der Waals surface area contributed by atoms with E-state index in [1.54, 1.807) is 21.3 Å². The molecule has 0 fully saturated rings. The van der Waals surface area contributed by atoms with Crippen molar-refractivity contribution in [3.8, 4) is 17.2 Å². The molecule has 0 aliphatic carbocycles. The summed E-state index contributed by atoms with van der Waals surface area (Å²) in [5.74, 6) is 2.33. The zero-order valence-electron chi connectivity index (χ0n) is 14.7. The zero-order valence-corrected chi connectivity index (χ0v) is 14.7. The number of aryl methyl sites for hydroxylation is 1. The average molecular weight is 322 g/mol. The van der Waals surface area contributed by atoms with Crippen LogP contribution in [-0.2, 0) is 11.2 Å². The lowest BCUT2D eigenvalue weighted by molar-refractivity contribution is -0.107. The molecule has 0 aliphatic rings. The number of hydrogen-bond donors (Lipinski definition) is 0. The molecular weight excluding hydrogens is 292 g/mol. The normalized spacial score (nSPS) is 10.4. The number of unbranched alkanes of at least 4 members (excludes halogenated alkanes) is 7. The van der Waals surface area contributed by atoms with E-state index < -0.39 is 0 Å². The molecule has 0 N–H and O–H groups in total. The number of benzene rings is 1. The fraction of sp³-hybridized carbons (Fsp3) is 0.632. The van der Waals surface area contributed by atoms with Gasteiger partial charge >= 0.3 is 0 Å². The SMILES string of the molecule is COc1cc(CCCCCCCCCC=O)c(OC)c(OC)c1. The molecule has 0 aliphatic heterocycles. The molecule has 4 heteroatoms. The first-order valence-electron chi connectivity index (χ1n) is 8.49. The Balaban J connectivity index is 2.37. The van der Waals surface area contributed by atoms with Gasteiger partial charge in [-0.25, -0.2) is 0 Å². The third kappa shape index (κ3) is 6.93. The summed E-state index contributed by atoms with van der Waals surface area (Å²) in [5.41, 5.74) is 1.13. The van der Waals surface area contributed by atoms with E-state index in [4.69, 9.17) is 14.2 Å². The molecule has 1 rings (SSSR count). The molecule has 0 unspecified atom stereocenters. The van der Waals surface area contributed by atoms with E-state index in [1.807, 2.05) is 12.1 Å². The van der Waals surface area contributed by atoms with Gasteiger partial charge in [0, 0.05) is 18.1 Å². The predicted octanol–water partition coefficient (Wildman–Crippen LogP) is 4.57. The van der Waals surface area contributed by atoms with Crippen LogP contribution in [-0.4, -0.2) is 27.6 Å². The number of carbonyl (C=O) groups is 1. The first-order valence-corrected chi connectivity index (χ1v) is 8.49. The Morgan fingerprint density at radius 3 is 2.04 bits per heavy atom. The van der Waals surface area contributed by atoms with Crippen molar-refractivity contribution < 1.29 is 19.0 Å². The molecule has 0 aromatic heterocycles. The highest BCUT2D eigenvalue weighted by molar-refractivity contribution is 5.52. The van der Waals surface area contributed by atoms with Crippen LogP contribution in [0.5, 0.6) is 17.2 Å². The van der Waals surface area contributed by atoms with E-state index in [0.29, 0.717) is 6.42 Å². The van der Waals surface area contributed by atoms with Crippen molar-refractivity contribution in [3.63, 3.8) is 0 Å². The van der Waals surface area contributed by atoms with Crippen molar-refractivity contribution in [2.45, 2.75) is 57.8 Å². The molecule has 0 saturated heterocycles. The number of carbonyl (C=O) groups excluding carboxylic acids is 1. The second-order valence-electron chi connectivity index (χ2n) is 5.70. The Labute approximate surface area is 140 Å². The average Bonchev–Trinajstić information content (AvgIpc) is 2.59. The van der Waals surface area contributed by atoms with Crippen molar-refractivity contribution in [1.29, 1.82) is 0 Å². The van der Waals surface area contributed by atoms with Crippen LogP contribution >= 0.6 is 0 Å². The maximum atomic E-state index is 10.2. The Bertz CT molecular complexity index is 457. The number of aldehydes is 1. The lowest BCUT2D eigenvalue weighted by Gasteiger charge is -2.14. The van der Waals surface area contributed by atoms with Crippen LogP contribution in [0.15, 0.2) is 12.1 Å². The van der Waals surface area contributed by atoms with E-state index in [0.717, 1.165) is 48.4 Å². The summed E-state index contributed by atoms with van der Waals surface area (Å²) >= 11 is 0. The molecule has 0 heterocycles. The standard InChI is InChI=1S/C19H30O4/c1-21-17-14-16(19(23-3)18(15-17)22-2)12-10-8-6-4-5-7-9-11-13-20/h13-15H,4-12H2,1-3H3. The fourth-order valence-corrected chi connectivity index (χ4v) is 2.75. The molecule has 130 valence electrons. The quantitative estimate of drug-likeness (QED) is 0.394. The van der Waals surface area contributed by atoms with Gasteiger partial charge in [-0.3, -0.25) is 0 Å². The smallest absolute Gasteiger partial charge is 0.164 e. The van der Waals surface area contributed by atoms with Crippen molar-refractivity contribution in [1.82, 2.24) is 0 Å². The fourth-order valence-electron chi connectivity index (χ4n) is 2.75. The van der Waals surface area contributed by atoms with Crippen LogP contribution in [0.1, 0.15) is 56.9 Å².